The predicted octanol–water partition coefficient (Wildman–Crippen LogP) is 3.48. The van der Waals surface area contributed by atoms with Crippen molar-refractivity contribution in [2.75, 3.05) is 4.90 Å². The molecule has 1 heterocycles. The lowest BCUT2D eigenvalue weighted by molar-refractivity contribution is 0.655. The molecule has 2 heteroatoms. The Morgan fingerprint density at radius 1 is 0.947 bits per heavy atom. The highest BCUT2D eigenvalue weighted by atomic mass is 15.2. The molecule has 2 aromatic carbocycles. The minimum Gasteiger partial charge on any atom is -0.352 e. The summed E-state index contributed by atoms with van der Waals surface area (Å²) in [4.78, 5) is 2.25. The van der Waals surface area contributed by atoms with Crippen LogP contribution in [0.4, 0.5) is 5.69 Å². The van der Waals surface area contributed by atoms with E-state index in [1.165, 1.54) is 22.4 Å². The van der Waals surface area contributed by atoms with Crippen molar-refractivity contribution >= 4 is 17.8 Å². The van der Waals surface area contributed by atoms with Crippen LogP contribution in [0.1, 0.15) is 23.6 Å². The number of benzene rings is 2. The lowest BCUT2D eigenvalue weighted by Gasteiger charge is -2.31. The second-order valence-electron chi connectivity index (χ2n) is 4.96. The van der Waals surface area contributed by atoms with Crippen molar-refractivity contribution in [1.82, 2.24) is 0 Å². The fourth-order valence-corrected chi connectivity index (χ4v) is 2.54. The molecular weight excluding hydrogens is 232 g/mol. The number of anilines is 1. The molecule has 19 heavy (non-hydrogen) atoms. The lowest BCUT2D eigenvalue weighted by atomic mass is 10.0. The third-order valence-electron chi connectivity index (χ3n) is 3.58. The molecule has 1 unspecified atom stereocenters. The summed E-state index contributed by atoms with van der Waals surface area (Å²) in [5, 5.41) is 0. The van der Waals surface area contributed by atoms with E-state index in [0.29, 0.717) is 0 Å². The van der Waals surface area contributed by atoms with Crippen LogP contribution >= 0.6 is 0 Å². The van der Waals surface area contributed by atoms with E-state index >= 15 is 0 Å². The maximum atomic E-state index is 6.16. The van der Waals surface area contributed by atoms with Crippen LogP contribution in [0.25, 0.3) is 12.2 Å². The highest BCUT2D eigenvalue weighted by molar-refractivity contribution is 5.79. The summed E-state index contributed by atoms with van der Waals surface area (Å²) in [6.07, 6.45) is 4.34. The number of nitrogens with two attached hydrogens (primary N) is 1. The minimum absolute atomic E-state index is 0.0132. The zero-order valence-corrected chi connectivity index (χ0v) is 11.1. The molecule has 0 saturated carbocycles. The van der Waals surface area contributed by atoms with Gasteiger partial charge in [-0.25, -0.2) is 0 Å². The van der Waals surface area contributed by atoms with E-state index < -0.39 is 0 Å². The average Bonchev–Trinajstić information content (AvgIpc) is 2.41. The molecule has 96 valence electrons. The molecule has 0 spiro atoms. The first-order valence-corrected chi connectivity index (χ1v) is 6.63. The van der Waals surface area contributed by atoms with Gasteiger partial charge in [0, 0.05) is 12.2 Å². The van der Waals surface area contributed by atoms with E-state index in [0.717, 1.165) is 6.54 Å². The molecule has 0 saturated heterocycles. The van der Waals surface area contributed by atoms with Gasteiger partial charge >= 0.3 is 0 Å². The van der Waals surface area contributed by atoms with Crippen LogP contribution < -0.4 is 10.6 Å². The van der Waals surface area contributed by atoms with E-state index in [-0.39, 0.29) is 6.17 Å². The van der Waals surface area contributed by atoms with Crippen molar-refractivity contribution in [2.45, 2.75) is 19.6 Å². The molecule has 0 radical (unpaired) electrons. The fourth-order valence-electron chi connectivity index (χ4n) is 2.54. The first kappa shape index (κ1) is 12.0. The van der Waals surface area contributed by atoms with Crippen LogP contribution in [0.2, 0.25) is 0 Å². The molecule has 3 rings (SSSR count). The van der Waals surface area contributed by atoms with Crippen molar-refractivity contribution in [3.8, 4) is 0 Å². The normalized spacial score (nSPS) is 16.8. The van der Waals surface area contributed by atoms with Gasteiger partial charge in [0.15, 0.2) is 0 Å². The van der Waals surface area contributed by atoms with Crippen LogP contribution in [0, 0.1) is 0 Å². The molecule has 0 aromatic heterocycles. The molecule has 1 atom stereocenters. The van der Waals surface area contributed by atoms with Gasteiger partial charge in [-0.15, -0.1) is 0 Å². The van der Waals surface area contributed by atoms with Gasteiger partial charge in [-0.3, -0.25) is 0 Å². The molecule has 2 aromatic rings. The molecule has 1 aliphatic rings. The zero-order chi connectivity index (χ0) is 13.2. The molecule has 2 N–H and O–H groups in total. The van der Waals surface area contributed by atoms with Gasteiger partial charge in [-0.2, -0.15) is 0 Å². The van der Waals surface area contributed by atoms with Crippen molar-refractivity contribution in [1.29, 1.82) is 0 Å². The number of nitrogens with zero attached hydrogens (tertiary/aromatic N) is 1. The van der Waals surface area contributed by atoms with Gasteiger partial charge in [0.05, 0.1) is 6.17 Å². The molecule has 0 bridgehead atoms. The van der Waals surface area contributed by atoms with Crippen LogP contribution in [0.3, 0.4) is 0 Å². The van der Waals surface area contributed by atoms with Crippen LogP contribution in [-0.4, -0.2) is 6.17 Å². The Balaban J connectivity index is 2.17. The largest absolute Gasteiger partial charge is 0.352 e. The topological polar surface area (TPSA) is 29.3 Å². The monoisotopic (exact) mass is 250 g/mol. The van der Waals surface area contributed by atoms with Crippen molar-refractivity contribution in [3.05, 3.63) is 65.2 Å². The second-order valence-corrected chi connectivity index (χ2v) is 4.96. The van der Waals surface area contributed by atoms with Crippen LogP contribution in [0.15, 0.2) is 48.5 Å². The first-order chi connectivity index (χ1) is 9.25. The number of rotatable bonds is 1. The minimum atomic E-state index is -0.0132. The maximum absolute atomic E-state index is 6.16. The van der Waals surface area contributed by atoms with Gasteiger partial charge in [0.2, 0.25) is 0 Å². The Bertz CT molecular complexity index is 614. The van der Waals surface area contributed by atoms with E-state index in [1.807, 2.05) is 6.92 Å². The van der Waals surface area contributed by atoms with Gasteiger partial charge in [-0.1, -0.05) is 54.6 Å². The highest BCUT2D eigenvalue weighted by Gasteiger charge is 2.16. The van der Waals surface area contributed by atoms with Crippen LogP contribution in [0.5, 0.6) is 0 Å². The average molecular weight is 250 g/mol. The third kappa shape index (κ3) is 2.27. The van der Waals surface area contributed by atoms with Crippen LogP contribution in [-0.2, 0) is 6.54 Å². The Hall–Kier alpha value is -2.06. The second kappa shape index (κ2) is 4.90. The van der Waals surface area contributed by atoms with Gasteiger partial charge in [-0.05, 0) is 29.7 Å². The zero-order valence-electron chi connectivity index (χ0n) is 11.1. The van der Waals surface area contributed by atoms with E-state index in [4.69, 9.17) is 5.73 Å². The molecule has 0 aliphatic carbocycles. The van der Waals surface area contributed by atoms with Crippen molar-refractivity contribution in [2.24, 2.45) is 5.73 Å². The van der Waals surface area contributed by atoms with E-state index in [1.54, 1.807) is 0 Å². The van der Waals surface area contributed by atoms with Gasteiger partial charge in [0.25, 0.3) is 0 Å². The highest BCUT2D eigenvalue weighted by Crippen LogP contribution is 2.29. The SMILES string of the molecule is CC(N)N1Cc2ccccc2/C=C\c2ccccc21. The first-order valence-electron chi connectivity index (χ1n) is 6.63. The molecule has 1 aliphatic heterocycles. The quantitative estimate of drug-likeness (QED) is 0.839. The van der Waals surface area contributed by atoms with E-state index in [2.05, 4.69) is 65.6 Å². The summed E-state index contributed by atoms with van der Waals surface area (Å²) >= 11 is 0. The summed E-state index contributed by atoms with van der Waals surface area (Å²) in [6.45, 7) is 2.87. The standard InChI is InChI=1S/C17H18N2/c1-13(18)19-12-16-8-3-2-6-14(16)10-11-15-7-4-5-9-17(15)19/h2-11,13H,12,18H2,1H3/b11-10-. The van der Waals surface area contributed by atoms with Gasteiger partial charge < -0.3 is 10.6 Å². The number of hydrogen-bond donors (Lipinski definition) is 1. The third-order valence-corrected chi connectivity index (χ3v) is 3.58. The summed E-state index contributed by atoms with van der Waals surface area (Å²) < 4.78 is 0. The number of fused-ring (bicyclic) bond motifs is 2. The Morgan fingerprint density at radius 2 is 1.58 bits per heavy atom. The summed E-state index contributed by atoms with van der Waals surface area (Å²) in [5.41, 5.74) is 11.2. The van der Waals surface area contributed by atoms with Gasteiger partial charge in [0.1, 0.15) is 0 Å². The molecule has 0 fully saturated rings. The molecular formula is C17H18N2. The molecule has 0 amide bonds. The Morgan fingerprint density at radius 3 is 2.37 bits per heavy atom. The Labute approximate surface area is 114 Å². The van der Waals surface area contributed by atoms with E-state index in [9.17, 15) is 0 Å². The smallest absolute Gasteiger partial charge is 0.0746 e. The predicted molar refractivity (Wildman–Crippen MR) is 81.6 cm³/mol. The maximum Gasteiger partial charge on any atom is 0.0746 e. The Kier molecular flexibility index (Phi) is 3.10. The van der Waals surface area contributed by atoms with Crippen molar-refractivity contribution < 1.29 is 0 Å². The summed E-state index contributed by atoms with van der Waals surface area (Å²) in [5.74, 6) is 0. The number of hydrogen-bond acceptors (Lipinski definition) is 2. The van der Waals surface area contributed by atoms with Crippen molar-refractivity contribution in [3.63, 3.8) is 0 Å². The summed E-state index contributed by atoms with van der Waals surface area (Å²) in [7, 11) is 0. The molecule has 2 nitrogen and oxygen atoms in total. The fraction of sp³-hybridized carbons (Fsp3) is 0.176. The number of para-hydroxylation sites is 1. The lowest BCUT2D eigenvalue weighted by Crippen LogP contribution is -2.39. The summed E-state index contributed by atoms with van der Waals surface area (Å²) in [6, 6.07) is 16.9.